The highest BCUT2D eigenvalue weighted by Gasteiger charge is 2.30. The van der Waals surface area contributed by atoms with Crippen molar-refractivity contribution in [2.45, 2.75) is 45.1 Å². The second-order valence-electron chi connectivity index (χ2n) is 5.04. The summed E-state index contributed by atoms with van der Waals surface area (Å²) in [5, 5.41) is 0.709. The van der Waals surface area contributed by atoms with Crippen LogP contribution in [0.15, 0.2) is 18.5 Å². The van der Waals surface area contributed by atoms with Crippen LogP contribution in [-0.4, -0.2) is 4.98 Å². The van der Waals surface area contributed by atoms with E-state index in [0.717, 1.165) is 11.5 Å². The molecule has 1 heterocycles. The van der Waals surface area contributed by atoms with Gasteiger partial charge in [-0.3, -0.25) is 4.98 Å². The van der Waals surface area contributed by atoms with Gasteiger partial charge in [-0.15, -0.1) is 0 Å². The smallest absolute Gasteiger partial charge is 0.0637 e. The summed E-state index contributed by atoms with van der Waals surface area (Å²) in [6.07, 6.45) is 9.91. The van der Waals surface area contributed by atoms with Gasteiger partial charge in [0.1, 0.15) is 0 Å². The monoisotopic (exact) mass is 252 g/mol. The van der Waals surface area contributed by atoms with Crippen LogP contribution < -0.4 is 5.73 Å². The van der Waals surface area contributed by atoms with Crippen LogP contribution in [0.2, 0.25) is 5.02 Å². The molecule has 2 N–H and O–H groups in total. The number of aromatic nitrogens is 1. The SMILES string of the molecule is CCC1CCCCC1C(N)c1ccncc1Cl. The first-order valence-electron chi connectivity index (χ1n) is 6.59. The second kappa shape index (κ2) is 5.83. The molecule has 1 aliphatic carbocycles. The van der Waals surface area contributed by atoms with E-state index in [1.54, 1.807) is 12.4 Å². The molecule has 1 saturated carbocycles. The summed E-state index contributed by atoms with van der Waals surface area (Å²) in [6, 6.07) is 2.03. The van der Waals surface area contributed by atoms with E-state index in [1.165, 1.54) is 32.1 Å². The van der Waals surface area contributed by atoms with Crippen molar-refractivity contribution in [2.75, 3.05) is 0 Å². The van der Waals surface area contributed by atoms with E-state index in [0.29, 0.717) is 10.9 Å². The lowest BCUT2D eigenvalue weighted by atomic mass is 9.73. The van der Waals surface area contributed by atoms with Gasteiger partial charge in [-0.05, 0) is 29.9 Å². The number of halogens is 1. The molecule has 3 unspecified atom stereocenters. The minimum atomic E-state index is 0.0655. The van der Waals surface area contributed by atoms with Gasteiger partial charge in [0.25, 0.3) is 0 Å². The lowest BCUT2D eigenvalue weighted by Crippen LogP contribution is -2.30. The van der Waals surface area contributed by atoms with Gasteiger partial charge in [0.05, 0.1) is 5.02 Å². The van der Waals surface area contributed by atoms with Crippen molar-refractivity contribution in [3.05, 3.63) is 29.0 Å². The van der Waals surface area contributed by atoms with Crippen LogP contribution in [0, 0.1) is 11.8 Å². The molecule has 0 saturated heterocycles. The highest BCUT2D eigenvalue weighted by Crippen LogP contribution is 2.40. The summed E-state index contributed by atoms with van der Waals surface area (Å²) >= 11 is 6.19. The van der Waals surface area contributed by atoms with E-state index in [9.17, 15) is 0 Å². The first-order chi connectivity index (χ1) is 8.24. The average molecular weight is 253 g/mol. The Labute approximate surface area is 109 Å². The molecule has 0 bridgehead atoms. The number of nitrogens with zero attached hydrogens (tertiary/aromatic N) is 1. The van der Waals surface area contributed by atoms with Crippen molar-refractivity contribution >= 4 is 11.6 Å². The molecule has 0 spiro atoms. The first-order valence-corrected chi connectivity index (χ1v) is 6.96. The molecule has 0 aromatic carbocycles. The fourth-order valence-electron chi connectivity index (χ4n) is 3.10. The number of pyridine rings is 1. The number of nitrogens with two attached hydrogens (primary N) is 1. The molecule has 2 rings (SSSR count). The maximum Gasteiger partial charge on any atom is 0.0637 e. The van der Waals surface area contributed by atoms with Crippen LogP contribution in [0.4, 0.5) is 0 Å². The molecule has 0 aliphatic heterocycles. The van der Waals surface area contributed by atoms with Gasteiger partial charge in [0.2, 0.25) is 0 Å². The molecule has 2 nitrogen and oxygen atoms in total. The molecule has 3 heteroatoms. The number of rotatable bonds is 3. The van der Waals surface area contributed by atoms with Crippen LogP contribution >= 0.6 is 11.6 Å². The normalized spacial score (nSPS) is 26.8. The van der Waals surface area contributed by atoms with Crippen LogP contribution in [0.5, 0.6) is 0 Å². The van der Waals surface area contributed by atoms with Crippen molar-refractivity contribution in [1.29, 1.82) is 0 Å². The third-order valence-corrected chi connectivity index (χ3v) is 4.43. The Bertz CT molecular complexity index is 367. The van der Waals surface area contributed by atoms with E-state index in [-0.39, 0.29) is 6.04 Å². The minimum absolute atomic E-state index is 0.0655. The zero-order valence-corrected chi connectivity index (χ0v) is 11.2. The van der Waals surface area contributed by atoms with Gasteiger partial charge in [-0.1, -0.05) is 44.2 Å². The van der Waals surface area contributed by atoms with Gasteiger partial charge < -0.3 is 5.73 Å². The molecule has 1 fully saturated rings. The molecule has 1 aromatic rings. The maximum absolute atomic E-state index is 6.42. The van der Waals surface area contributed by atoms with Crippen LogP contribution in [-0.2, 0) is 0 Å². The zero-order chi connectivity index (χ0) is 12.3. The molecule has 1 aromatic heterocycles. The summed E-state index contributed by atoms with van der Waals surface area (Å²) in [7, 11) is 0. The van der Waals surface area contributed by atoms with Crippen LogP contribution in [0.3, 0.4) is 0 Å². The number of hydrogen-bond acceptors (Lipinski definition) is 2. The third-order valence-electron chi connectivity index (χ3n) is 4.12. The van der Waals surface area contributed by atoms with Crippen LogP contribution in [0.25, 0.3) is 0 Å². The van der Waals surface area contributed by atoms with Crippen molar-refractivity contribution in [3.63, 3.8) is 0 Å². The Morgan fingerprint density at radius 2 is 2.24 bits per heavy atom. The van der Waals surface area contributed by atoms with Crippen molar-refractivity contribution < 1.29 is 0 Å². The van der Waals surface area contributed by atoms with E-state index in [1.807, 2.05) is 6.07 Å². The highest BCUT2D eigenvalue weighted by molar-refractivity contribution is 6.31. The van der Waals surface area contributed by atoms with E-state index < -0.39 is 0 Å². The molecule has 17 heavy (non-hydrogen) atoms. The van der Waals surface area contributed by atoms with Crippen molar-refractivity contribution in [3.8, 4) is 0 Å². The Balaban J connectivity index is 2.18. The first kappa shape index (κ1) is 12.8. The molecule has 0 amide bonds. The number of hydrogen-bond donors (Lipinski definition) is 1. The van der Waals surface area contributed by atoms with Gasteiger partial charge in [0, 0.05) is 18.4 Å². The summed E-state index contributed by atoms with van der Waals surface area (Å²) in [6.45, 7) is 2.27. The Morgan fingerprint density at radius 3 is 2.94 bits per heavy atom. The fraction of sp³-hybridized carbons (Fsp3) is 0.643. The van der Waals surface area contributed by atoms with Crippen molar-refractivity contribution in [1.82, 2.24) is 4.98 Å². The minimum Gasteiger partial charge on any atom is -0.324 e. The summed E-state index contributed by atoms with van der Waals surface area (Å²) in [5.41, 5.74) is 7.49. The molecule has 3 atom stereocenters. The van der Waals surface area contributed by atoms with E-state index in [2.05, 4.69) is 11.9 Å². The van der Waals surface area contributed by atoms with E-state index in [4.69, 9.17) is 17.3 Å². The molecule has 1 aliphatic rings. The largest absolute Gasteiger partial charge is 0.324 e. The molecular formula is C14H21ClN2. The molecule has 94 valence electrons. The summed E-state index contributed by atoms with van der Waals surface area (Å²) in [5.74, 6) is 1.33. The van der Waals surface area contributed by atoms with Gasteiger partial charge in [-0.2, -0.15) is 0 Å². The quantitative estimate of drug-likeness (QED) is 0.885. The average Bonchev–Trinajstić information content (AvgIpc) is 2.38. The standard InChI is InChI=1S/C14H21ClN2/c1-2-10-5-3-4-6-11(10)14(16)12-7-8-17-9-13(12)15/h7-11,14H,2-6,16H2,1H3. The topological polar surface area (TPSA) is 38.9 Å². The maximum atomic E-state index is 6.42. The predicted octanol–water partition coefficient (Wildman–Crippen LogP) is 3.95. The second-order valence-corrected chi connectivity index (χ2v) is 5.45. The lowest BCUT2D eigenvalue weighted by Gasteiger charge is -2.35. The predicted molar refractivity (Wildman–Crippen MR) is 71.9 cm³/mol. The third kappa shape index (κ3) is 2.80. The summed E-state index contributed by atoms with van der Waals surface area (Å²) in [4.78, 5) is 4.02. The van der Waals surface area contributed by atoms with Gasteiger partial charge >= 0.3 is 0 Å². The van der Waals surface area contributed by atoms with Gasteiger partial charge in [0.15, 0.2) is 0 Å². The van der Waals surface area contributed by atoms with Crippen LogP contribution in [0.1, 0.15) is 50.6 Å². The highest BCUT2D eigenvalue weighted by atomic mass is 35.5. The molecular weight excluding hydrogens is 232 g/mol. The molecule has 0 radical (unpaired) electrons. The van der Waals surface area contributed by atoms with Crippen molar-refractivity contribution in [2.24, 2.45) is 17.6 Å². The zero-order valence-electron chi connectivity index (χ0n) is 10.4. The van der Waals surface area contributed by atoms with E-state index >= 15 is 0 Å². The Kier molecular flexibility index (Phi) is 4.41. The Hall–Kier alpha value is -0.600. The fourth-order valence-corrected chi connectivity index (χ4v) is 3.35. The summed E-state index contributed by atoms with van der Waals surface area (Å²) < 4.78 is 0. The van der Waals surface area contributed by atoms with Gasteiger partial charge in [-0.25, -0.2) is 0 Å². The lowest BCUT2D eigenvalue weighted by molar-refractivity contribution is 0.196. The Morgan fingerprint density at radius 1 is 1.47 bits per heavy atom.